The van der Waals surface area contributed by atoms with Gasteiger partial charge in [-0.05, 0) is 36.5 Å². The molecule has 0 heterocycles. The summed E-state index contributed by atoms with van der Waals surface area (Å²) in [5, 5.41) is 10.2. The molecule has 114 valence electrons. The molecule has 9 atom stereocenters. The fourth-order valence-corrected chi connectivity index (χ4v) is 6.07. The topological polar surface area (TPSA) is 54.4 Å². The van der Waals surface area contributed by atoms with E-state index in [2.05, 4.69) is 26.0 Å². The van der Waals surface area contributed by atoms with Crippen molar-refractivity contribution >= 4 is 11.6 Å². The summed E-state index contributed by atoms with van der Waals surface area (Å²) in [6, 6.07) is 0. The molecular formula is C18H24O3. The molecule has 4 rings (SSSR count). The zero-order valence-electron chi connectivity index (χ0n) is 13.0. The summed E-state index contributed by atoms with van der Waals surface area (Å²) >= 11 is 0. The van der Waals surface area contributed by atoms with Gasteiger partial charge in [-0.25, -0.2) is 0 Å². The van der Waals surface area contributed by atoms with Crippen molar-refractivity contribution in [3.05, 3.63) is 12.2 Å². The highest BCUT2D eigenvalue weighted by Gasteiger charge is 2.67. The van der Waals surface area contributed by atoms with E-state index < -0.39 is 5.41 Å². The van der Waals surface area contributed by atoms with Gasteiger partial charge in [0.15, 0.2) is 0 Å². The minimum absolute atomic E-state index is 0.0302. The van der Waals surface area contributed by atoms with Gasteiger partial charge in [-0.2, -0.15) is 0 Å². The van der Waals surface area contributed by atoms with Gasteiger partial charge in [0, 0.05) is 23.2 Å². The molecule has 4 aliphatic carbocycles. The van der Waals surface area contributed by atoms with Gasteiger partial charge < -0.3 is 5.11 Å². The van der Waals surface area contributed by atoms with E-state index in [1.54, 1.807) is 0 Å². The van der Waals surface area contributed by atoms with Crippen LogP contribution in [0.5, 0.6) is 0 Å². The Hall–Kier alpha value is -0.960. The summed E-state index contributed by atoms with van der Waals surface area (Å²) in [7, 11) is 0. The van der Waals surface area contributed by atoms with Crippen molar-refractivity contribution in [1.29, 1.82) is 0 Å². The van der Waals surface area contributed by atoms with Crippen molar-refractivity contribution in [3.8, 4) is 0 Å². The van der Waals surface area contributed by atoms with Crippen LogP contribution in [0.4, 0.5) is 0 Å². The van der Waals surface area contributed by atoms with Gasteiger partial charge in [-0.15, -0.1) is 0 Å². The predicted molar refractivity (Wildman–Crippen MR) is 78.3 cm³/mol. The lowest BCUT2D eigenvalue weighted by Gasteiger charge is -2.53. The number of aliphatic hydroxyl groups excluding tert-OH is 1. The molecule has 0 aromatic heterocycles. The van der Waals surface area contributed by atoms with E-state index in [-0.39, 0.29) is 53.3 Å². The average molecular weight is 288 g/mol. The highest BCUT2D eigenvalue weighted by Crippen LogP contribution is 2.62. The number of carbonyl (C=O) groups excluding carboxylic acids is 2. The minimum atomic E-state index is -0.573. The number of hydrogen-bond donors (Lipinski definition) is 1. The molecule has 1 N–H and O–H groups in total. The van der Waals surface area contributed by atoms with E-state index in [9.17, 15) is 14.7 Å². The molecule has 2 bridgehead atoms. The first kappa shape index (κ1) is 13.7. The van der Waals surface area contributed by atoms with Crippen LogP contribution in [0.1, 0.15) is 33.6 Å². The van der Waals surface area contributed by atoms with Crippen LogP contribution in [0.3, 0.4) is 0 Å². The quantitative estimate of drug-likeness (QED) is 0.696. The van der Waals surface area contributed by atoms with E-state index in [1.165, 1.54) is 0 Å². The van der Waals surface area contributed by atoms with Crippen LogP contribution in [-0.2, 0) is 9.59 Å². The lowest BCUT2D eigenvalue weighted by Crippen LogP contribution is -2.61. The summed E-state index contributed by atoms with van der Waals surface area (Å²) in [4.78, 5) is 26.5. The molecule has 0 aromatic rings. The third-order valence-electron chi connectivity index (χ3n) is 7.26. The largest absolute Gasteiger partial charge is 0.393 e. The summed E-state index contributed by atoms with van der Waals surface area (Å²) < 4.78 is 0. The maximum absolute atomic E-state index is 13.3. The number of carbonyl (C=O) groups is 2. The molecule has 0 saturated heterocycles. The number of allylic oxidation sites excluding steroid dienone is 2. The molecule has 0 aliphatic heterocycles. The van der Waals surface area contributed by atoms with Gasteiger partial charge in [-0.3, -0.25) is 9.59 Å². The van der Waals surface area contributed by atoms with Crippen LogP contribution in [0, 0.1) is 46.8 Å². The van der Waals surface area contributed by atoms with Crippen LogP contribution in [0.25, 0.3) is 0 Å². The number of fused-ring (bicyclic) bond motifs is 6. The fourth-order valence-electron chi connectivity index (χ4n) is 6.07. The Morgan fingerprint density at radius 3 is 2.57 bits per heavy atom. The first-order valence-corrected chi connectivity index (χ1v) is 8.31. The summed E-state index contributed by atoms with van der Waals surface area (Å²) in [6.07, 6.45) is 5.43. The SMILES string of the molecule is C[C@@H]1C=C[C@H](C)[C@H]2C(=O)C3C(C(=O)[C@]12C)[C@@H]1C[C@H]3C[C@@H]1O. The van der Waals surface area contributed by atoms with Crippen molar-refractivity contribution in [2.45, 2.75) is 39.7 Å². The van der Waals surface area contributed by atoms with Gasteiger partial charge >= 0.3 is 0 Å². The third kappa shape index (κ3) is 1.44. The molecule has 3 heteroatoms. The van der Waals surface area contributed by atoms with Crippen LogP contribution in [-0.4, -0.2) is 22.8 Å². The molecule has 4 aliphatic rings. The smallest absolute Gasteiger partial charge is 0.144 e. The van der Waals surface area contributed by atoms with Crippen LogP contribution >= 0.6 is 0 Å². The van der Waals surface area contributed by atoms with Crippen molar-refractivity contribution < 1.29 is 14.7 Å². The molecule has 0 aromatic carbocycles. The van der Waals surface area contributed by atoms with E-state index in [0.717, 1.165) is 6.42 Å². The van der Waals surface area contributed by atoms with Gasteiger partial charge in [0.25, 0.3) is 0 Å². The Bertz CT molecular complexity index is 551. The van der Waals surface area contributed by atoms with Gasteiger partial charge in [0.2, 0.25) is 0 Å². The molecule has 21 heavy (non-hydrogen) atoms. The molecule has 3 nitrogen and oxygen atoms in total. The first-order valence-electron chi connectivity index (χ1n) is 8.31. The van der Waals surface area contributed by atoms with E-state index >= 15 is 0 Å². The van der Waals surface area contributed by atoms with E-state index in [0.29, 0.717) is 12.2 Å². The van der Waals surface area contributed by atoms with Crippen LogP contribution < -0.4 is 0 Å². The summed E-state index contributed by atoms with van der Waals surface area (Å²) in [5.41, 5.74) is -0.573. The Labute approximate surface area is 125 Å². The Kier molecular flexibility index (Phi) is 2.65. The lowest BCUT2D eigenvalue weighted by atomic mass is 9.48. The molecule has 0 spiro atoms. The number of rotatable bonds is 0. The highest BCUT2D eigenvalue weighted by atomic mass is 16.3. The predicted octanol–water partition coefficient (Wildman–Crippen LogP) is 2.24. The van der Waals surface area contributed by atoms with Gasteiger partial charge in [0.1, 0.15) is 11.6 Å². The van der Waals surface area contributed by atoms with Gasteiger partial charge in [-0.1, -0.05) is 32.9 Å². The second-order valence-electron chi connectivity index (χ2n) is 8.07. The second kappa shape index (κ2) is 4.07. The fraction of sp³-hybridized carbons (Fsp3) is 0.778. The maximum atomic E-state index is 13.3. The monoisotopic (exact) mass is 288 g/mol. The molecule has 0 amide bonds. The van der Waals surface area contributed by atoms with Crippen LogP contribution in [0.2, 0.25) is 0 Å². The average Bonchev–Trinajstić information content (AvgIpc) is 2.97. The van der Waals surface area contributed by atoms with Crippen LogP contribution in [0.15, 0.2) is 12.2 Å². The van der Waals surface area contributed by atoms with E-state index in [1.807, 2.05) is 6.92 Å². The molecule has 0 radical (unpaired) electrons. The van der Waals surface area contributed by atoms with Crippen molar-refractivity contribution in [2.24, 2.45) is 46.8 Å². The zero-order chi connectivity index (χ0) is 15.1. The standard InChI is InChI=1S/C18H24O3/c1-8-4-5-9(2)18(3)15(8)16(20)13-10-6-11(12(19)7-10)14(13)17(18)21/h4-5,8-15,19H,6-7H2,1-3H3/t8-,9+,10-,11+,12-,13?,14?,15-,18+/m0/s1. The molecule has 3 fully saturated rings. The number of hydrogen-bond acceptors (Lipinski definition) is 3. The Morgan fingerprint density at radius 1 is 1.14 bits per heavy atom. The van der Waals surface area contributed by atoms with Crippen molar-refractivity contribution in [3.63, 3.8) is 0 Å². The first-order chi connectivity index (χ1) is 9.87. The minimum Gasteiger partial charge on any atom is -0.393 e. The Morgan fingerprint density at radius 2 is 1.86 bits per heavy atom. The Balaban J connectivity index is 1.84. The molecule has 3 saturated carbocycles. The zero-order valence-corrected chi connectivity index (χ0v) is 13.0. The van der Waals surface area contributed by atoms with Gasteiger partial charge in [0.05, 0.1) is 6.10 Å². The second-order valence-corrected chi connectivity index (χ2v) is 8.07. The third-order valence-corrected chi connectivity index (χ3v) is 7.26. The normalized spacial score (nSPS) is 58.3. The number of ketones is 2. The maximum Gasteiger partial charge on any atom is 0.144 e. The number of aliphatic hydroxyl groups is 1. The molecular weight excluding hydrogens is 264 g/mol. The summed E-state index contributed by atoms with van der Waals surface area (Å²) in [6.45, 7) is 6.13. The number of Topliss-reactive ketones (excluding diaryl/α,β-unsaturated/α-hetero) is 2. The van der Waals surface area contributed by atoms with Crippen molar-refractivity contribution in [1.82, 2.24) is 0 Å². The molecule has 2 unspecified atom stereocenters. The highest BCUT2D eigenvalue weighted by molar-refractivity contribution is 6.03. The van der Waals surface area contributed by atoms with E-state index in [4.69, 9.17) is 0 Å². The lowest BCUT2D eigenvalue weighted by molar-refractivity contribution is -0.164. The summed E-state index contributed by atoms with van der Waals surface area (Å²) in [5.74, 6) is 0.603. The van der Waals surface area contributed by atoms with Crippen molar-refractivity contribution in [2.75, 3.05) is 0 Å².